The SMILES string of the molecule is NCCCCC(N)C(=O)NC(CS)C(=O)NC(Cc1ccccc1)C(=O)NC(CS)C(=O)O. The van der Waals surface area contributed by atoms with Gasteiger partial charge >= 0.3 is 5.97 Å². The standard InChI is InChI=1S/C21H33N5O5S2/c22-9-5-4-8-14(23)18(27)25-16(11-32)20(29)24-15(10-13-6-2-1-3-7-13)19(28)26-17(12-33)21(30)31/h1-3,6-7,14-17,32-33H,4-5,8-12,22-23H2,(H,24,29)(H,25,27)(H,26,28)(H,30,31). The van der Waals surface area contributed by atoms with Crippen molar-refractivity contribution in [3.05, 3.63) is 35.9 Å². The van der Waals surface area contributed by atoms with Gasteiger partial charge in [0.15, 0.2) is 0 Å². The summed E-state index contributed by atoms with van der Waals surface area (Å²) >= 11 is 8.08. The lowest BCUT2D eigenvalue weighted by atomic mass is 10.0. The van der Waals surface area contributed by atoms with Crippen LogP contribution in [0.25, 0.3) is 0 Å². The highest BCUT2D eigenvalue weighted by molar-refractivity contribution is 7.80. The van der Waals surface area contributed by atoms with Gasteiger partial charge in [-0.25, -0.2) is 4.79 Å². The van der Waals surface area contributed by atoms with Gasteiger partial charge in [-0.05, 0) is 24.9 Å². The highest BCUT2D eigenvalue weighted by Gasteiger charge is 2.29. The van der Waals surface area contributed by atoms with Crippen LogP contribution < -0.4 is 27.4 Å². The lowest BCUT2D eigenvalue weighted by molar-refractivity contribution is -0.141. The van der Waals surface area contributed by atoms with Crippen LogP contribution >= 0.6 is 25.3 Å². The molecule has 0 spiro atoms. The van der Waals surface area contributed by atoms with Gasteiger partial charge in [0.05, 0.1) is 6.04 Å². The Hall–Kier alpha value is -2.28. The number of amides is 3. The Morgan fingerprint density at radius 3 is 1.94 bits per heavy atom. The molecule has 1 aromatic rings. The Morgan fingerprint density at radius 2 is 1.39 bits per heavy atom. The molecule has 0 saturated heterocycles. The molecular weight excluding hydrogens is 466 g/mol. The molecule has 33 heavy (non-hydrogen) atoms. The highest BCUT2D eigenvalue weighted by Crippen LogP contribution is 2.06. The summed E-state index contributed by atoms with van der Waals surface area (Å²) in [5.74, 6) is -3.22. The van der Waals surface area contributed by atoms with Gasteiger partial charge in [0.2, 0.25) is 17.7 Å². The summed E-state index contributed by atoms with van der Waals surface area (Å²) in [7, 11) is 0. The average Bonchev–Trinajstić information content (AvgIpc) is 2.80. The molecule has 8 N–H and O–H groups in total. The molecule has 1 rings (SSSR count). The molecule has 3 amide bonds. The first-order chi connectivity index (χ1) is 15.7. The van der Waals surface area contributed by atoms with Crippen LogP contribution in [-0.4, -0.2) is 71.0 Å². The maximum atomic E-state index is 12.8. The summed E-state index contributed by atoms with van der Waals surface area (Å²) in [6.07, 6.45) is 1.95. The van der Waals surface area contributed by atoms with Gasteiger partial charge in [-0.2, -0.15) is 25.3 Å². The van der Waals surface area contributed by atoms with Crippen LogP contribution in [0.3, 0.4) is 0 Å². The third kappa shape index (κ3) is 10.5. The van der Waals surface area contributed by atoms with E-state index < -0.39 is 47.9 Å². The van der Waals surface area contributed by atoms with E-state index in [-0.39, 0.29) is 17.9 Å². The van der Waals surface area contributed by atoms with Crippen molar-refractivity contribution >= 4 is 48.9 Å². The summed E-state index contributed by atoms with van der Waals surface area (Å²) < 4.78 is 0. The number of nitrogens with one attached hydrogen (secondary N) is 3. The molecular formula is C21H33N5O5S2. The fourth-order valence-electron chi connectivity index (χ4n) is 2.90. The molecule has 0 aromatic heterocycles. The topological polar surface area (TPSA) is 177 Å². The zero-order valence-corrected chi connectivity index (χ0v) is 20.1. The molecule has 184 valence electrons. The molecule has 4 atom stereocenters. The molecule has 0 aliphatic rings. The molecule has 10 nitrogen and oxygen atoms in total. The molecule has 0 aliphatic heterocycles. The number of hydrogen-bond donors (Lipinski definition) is 8. The first-order valence-electron chi connectivity index (χ1n) is 10.6. The van der Waals surface area contributed by atoms with Gasteiger partial charge in [-0.3, -0.25) is 14.4 Å². The zero-order chi connectivity index (χ0) is 24.8. The number of carbonyl (C=O) groups excluding carboxylic acids is 3. The predicted octanol–water partition coefficient (Wildman–Crippen LogP) is -0.916. The van der Waals surface area contributed by atoms with Crippen LogP contribution in [0.15, 0.2) is 30.3 Å². The van der Waals surface area contributed by atoms with E-state index in [0.29, 0.717) is 19.4 Å². The molecule has 0 aliphatic carbocycles. The van der Waals surface area contributed by atoms with E-state index in [2.05, 4.69) is 41.2 Å². The number of aliphatic carboxylic acids is 1. The first-order valence-corrected chi connectivity index (χ1v) is 11.8. The second kappa shape index (κ2) is 15.5. The summed E-state index contributed by atoms with van der Waals surface area (Å²) in [6, 6.07) is 4.78. The molecule has 1 aromatic carbocycles. The van der Waals surface area contributed by atoms with Crippen molar-refractivity contribution in [3.63, 3.8) is 0 Å². The molecule has 0 fully saturated rings. The van der Waals surface area contributed by atoms with Gasteiger partial charge < -0.3 is 32.5 Å². The van der Waals surface area contributed by atoms with Crippen LogP contribution in [0.2, 0.25) is 0 Å². The Morgan fingerprint density at radius 1 is 0.848 bits per heavy atom. The number of carboxylic acid groups (broad SMARTS) is 1. The van der Waals surface area contributed by atoms with Gasteiger partial charge in [0.25, 0.3) is 0 Å². The van der Waals surface area contributed by atoms with E-state index in [1.54, 1.807) is 24.3 Å². The van der Waals surface area contributed by atoms with E-state index in [1.807, 2.05) is 6.07 Å². The minimum absolute atomic E-state index is 0.0266. The van der Waals surface area contributed by atoms with Crippen molar-refractivity contribution < 1.29 is 24.3 Å². The van der Waals surface area contributed by atoms with Crippen LogP contribution in [-0.2, 0) is 25.6 Å². The molecule has 0 heterocycles. The number of carbonyl (C=O) groups is 4. The second-order valence-electron chi connectivity index (χ2n) is 7.47. The van der Waals surface area contributed by atoms with E-state index in [4.69, 9.17) is 11.5 Å². The van der Waals surface area contributed by atoms with Gasteiger partial charge in [0.1, 0.15) is 18.1 Å². The van der Waals surface area contributed by atoms with Crippen LogP contribution in [0.4, 0.5) is 0 Å². The molecule has 0 bridgehead atoms. The fraction of sp³-hybridized carbons (Fsp3) is 0.524. The fourth-order valence-corrected chi connectivity index (χ4v) is 3.41. The summed E-state index contributed by atoms with van der Waals surface area (Å²) in [5.41, 5.74) is 12.1. The quantitative estimate of drug-likeness (QED) is 0.114. The zero-order valence-electron chi connectivity index (χ0n) is 18.3. The van der Waals surface area contributed by atoms with Crippen molar-refractivity contribution in [1.29, 1.82) is 0 Å². The van der Waals surface area contributed by atoms with Crippen LogP contribution in [0.1, 0.15) is 24.8 Å². The number of nitrogens with two attached hydrogens (primary N) is 2. The third-order valence-corrected chi connectivity index (χ3v) is 5.56. The predicted molar refractivity (Wildman–Crippen MR) is 132 cm³/mol. The molecule has 0 saturated carbocycles. The van der Waals surface area contributed by atoms with Crippen molar-refractivity contribution in [2.24, 2.45) is 11.5 Å². The van der Waals surface area contributed by atoms with E-state index in [9.17, 15) is 24.3 Å². The largest absolute Gasteiger partial charge is 0.480 e. The summed E-state index contributed by atoms with van der Waals surface area (Å²) in [4.78, 5) is 49.3. The Balaban J connectivity index is 2.89. The van der Waals surface area contributed by atoms with Crippen LogP contribution in [0, 0.1) is 0 Å². The smallest absolute Gasteiger partial charge is 0.327 e. The second-order valence-corrected chi connectivity index (χ2v) is 8.20. The monoisotopic (exact) mass is 499 g/mol. The summed E-state index contributed by atoms with van der Waals surface area (Å²) in [6.45, 7) is 0.497. The molecule has 12 heteroatoms. The van der Waals surface area contributed by atoms with E-state index in [1.165, 1.54) is 0 Å². The maximum absolute atomic E-state index is 12.8. The summed E-state index contributed by atoms with van der Waals surface area (Å²) in [5, 5.41) is 16.7. The molecule has 0 radical (unpaired) electrons. The number of carboxylic acids is 1. The normalized spacial score (nSPS) is 14.4. The number of hydrogen-bond acceptors (Lipinski definition) is 8. The van der Waals surface area contributed by atoms with Crippen LogP contribution in [0.5, 0.6) is 0 Å². The minimum atomic E-state index is -1.24. The van der Waals surface area contributed by atoms with E-state index in [0.717, 1.165) is 12.0 Å². The van der Waals surface area contributed by atoms with E-state index >= 15 is 0 Å². The number of unbranched alkanes of at least 4 members (excludes halogenated alkanes) is 1. The highest BCUT2D eigenvalue weighted by atomic mass is 32.1. The van der Waals surface area contributed by atoms with Crippen molar-refractivity contribution in [3.8, 4) is 0 Å². The number of rotatable bonds is 15. The van der Waals surface area contributed by atoms with Crippen molar-refractivity contribution in [2.45, 2.75) is 49.9 Å². The average molecular weight is 500 g/mol. The van der Waals surface area contributed by atoms with Gasteiger partial charge in [0, 0.05) is 17.9 Å². The number of thiol groups is 2. The minimum Gasteiger partial charge on any atom is -0.480 e. The Labute approximate surface area is 204 Å². The number of benzene rings is 1. The first kappa shape index (κ1) is 28.8. The molecule has 4 unspecified atom stereocenters. The lowest BCUT2D eigenvalue weighted by Gasteiger charge is -2.24. The van der Waals surface area contributed by atoms with Crippen molar-refractivity contribution in [2.75, 3.05) is 18.1 Å². The lowest BCUT2D eigenvalue weighted by Crippen LogP contribution is -2.58. The Kier molecular flexibility index (Phi) is 13.5. The Bertz CT molecular complexity index is 784. The van der Waals surface area contributed by atoms with Gasteiger partial charge in [-0.1, -0.05) is 36.8 Å². The van der Waals surface area contributed by atoms with Gasteiger partial charge in [-0.15, -0.1) is 0 Å². The maximum Gasteiger partial charge on any atom is 0.327 e. The van der Waals surface area contributed by atoms with Crippen molar-refractivity contribution in [1.82, 2.24) is 16.0 Å². The third-order valence-electron chi connectivity index (χ3n) is 4.83.